The number of halogens is 1. The summed E-state index contributed by atoms with van der Waals surface area (Å²) in [7, 11) is 0. The zero-order valence-electron chi connectivity index (χ0n) is 9.37. The quantitative estimate of drug-likeness (QED) is 0.228. The third kappa shape index (κ3) is 4.75. The van der Waals surface area contributed by atoms with Gasteiger partial charge in [0.1, 0.15) is 5.75 Å². The van der Waals surface area contributed by atoms with Crippen LogP contribution < -0.4 is 22.1 Å². The lowest BCUT2D eigenvalue weighted by Gasteiger charge is -2.07. The van der Waals surface area contributed by atoms with Gasteiger partial charge in [0.25, 0.3) is 0 Å². The minimum Gasteiger partial charge on any atom is -0.507 e. The van der Waals surface area contributed by atoms with Crippen LogP contribution in [-0.2, 0) is 11.2 Å². The SMILES string of the molecule is NNC(=O)NNC(=O)CCc1ccc(O)c([125I])c1. The third-order valence-corrected chi connectivity index (χ3v) is 2.96. The first-order valence-corrected chi connectivity index (χ1v) is 6.13. The van der Waals surface area contributed by atoms with Crippen LogP contribution in [0, 0.1) is 3.57 Å². The number of urea groups is 1. The molecule has 0 aliphatic rings. The average Bonchev–Trinajstić information content (AvgIpc) is 2.37. The van der Waals surface area contributed by atoms with Gasteiger partial charge in [-0.15, -0.1) is 0 Å². The van der Waals surface area contributed by atoms with E-state index >= 15 is 0 Å². The monoisotopic (exact) mass is 362 g/mol. The highest BCUT2D eigenvalue weighted by atomic mass is 125. The molecule has 0 heterocycles. The van der Waals surface area contributed by atoms with Crippen molar-refractivity contribution >= 4 is 34.5 Å². The van der Waals surface area contributed by atoms with Crippen LogP contribution in [0.25, 0.3) is 0 Å². The number of nitrogens with one attached hydrogen (secondary N) is 3. The highest BCUT2D eigenvalue weighted by Crippen LogP contribution is 2.20. The Morgan fingerprint density at radius 1 is 1.33 bits per heavy atom. The molecule has 0 aromatic heterocycles. The summed E-state index contributed by atoms with van der Waals surface area (Å²) in [5, 5.41) is 9.34. The topological polar surface area (TPSA) is 116 Å². The molecule has 0 atom stereocenters. The Bertz CT molecular complexity index is 453. The molecule has 0 aliphatic carbocycles. The van der Waals surface area contributed by atoms with Crippen molar-refractivity contribution in [2.75, 3.05) is 0 Å². The van der Waals surface area contributed by atoms with E-state index in [1.165, 1.54) is 0 Å². The standard InChI is InChI=1S/C10H13IN4O3/c11-7-5-6(1-3-8(7)16)2-4-9(17)14-15-10(18)13-12/h1,3,5,16H,2,4,12H2,(H,14,17)(H2,13,15,18)/i11-2. The molecule has 0 bridgehead atoms. The van der Waals surface area contributed by atoms with Crippen molar-refractivity contribution < 1.29 is 14.7 Å². The smallest absolute Gasteiger partial charge is 0.347 e. The first-order valence-electron chi connectivity index (χ1n) is 5.05. The zero-order chi connectivity index (χ0) is 13.5. The molecule has 1 aromatic carbocycles. The minimum absolute atomic E-state index is 0.213. The van der Waals surface area contributed by atoms with Crippen molar-refractivity contribution in [2.45, 2.75) is 12.8 Å². The van der Waals surface area contributed by atoms with Crippen molar-refractivity contribution in [3.63, 3.8) is 0 Å². The van der Waals surface area contributed by atoms with Gasteiger partial charge >= 0.3 is 6.03 Å². The van der Waals surface area contributed by atoms with Gasteiger partial charge in [-0.05, 0) is 46.7 Å². The molecule has 3 amide bonds. The maximum absolute atomic E-state index is 11.3. The molecule has 0 radical (unpaired) electrons. The largest absolute Gasteiger partial charge is 0.507 e. The van der Waals surface area contributed by atoms with E-state index in [0.29, 0.717) is 6.42 Å². The fourth-order valence-corrected chi connectivity index (χ4v) is 1.77. The normalized spacial score (nSPS) is 9.67. The molecule has 6 N–H and O–H groups in total. The lowest BCUT2D eigenvalue weighted by Crippen LogP contribution is -2.49. The van der Waals surface area contributed by atoms with Crippen LogP contribution in [-0.4, -0.2) is 17.0 Å². The van der Waals surface area contributed by atoms with Crippen LogP contribution in [0.3, 0.4) is 0 Å². The number of hydrazine groups is 2. The molecule has 0 fully saturated rings. The first-order chi connectivity index (χ1) is 8.52. The van der Waals surface area contributed by atoms with Crippen LogP contribution in [0.1, 0.15) is 12.0 Å². The summed E-state index contributed by atoms with van der Waals surface area (Å²) in [5.74, 6) is 4.70. The molecule has 0 saturated heterocycles. The van der Waals surface area contributed by atoms with E-state index in [-0.39, 0.29) is 18.1 Å². The maximum atomic E-state index is 11.3. The number of nitrogens with two attached hydrogens (primary N) is 1. The summed E-state index contributed by atoms with van der Waals surface area (Å²) >= 11 is 2.01. The number of aryl methyl sites for hydroxylation is 1. The minimum atomic E-state index is -0.692. The second-order valence-electron chi connectivity index (χ2n) is 3.43. The second-order valence-corrected chi connectivity index (χ2v) is 4.59. The first kappa shape index (κ1) is 14.5. The van der Waals surface area contributed by atoms with E-state index in [2.05, 4.69) is 10.9 Å². The van der Waals surface area contributed by atoms with Gasteiger partial charge in [0.15, 0.2) is 0 Å². The fourth-order valence-electron chi connectivity index (χ4n) is 1.19. The highest BCUT2D eigenvalue weighted by molar-refractivity contribution is 14.1. The average molecular weight is 362 g/mol. The lowest BCUT2D eigenvalue weighted by atomic mass is 10.1. The third-order valence-electron chi connectivity index (χ3n) is 2.10. The molecular formula is C10H13IN4O3. The number of phenols is 1. The summed E-state index contributed by atoms with van der Waals surface area (Å²) in [5.41, 5.74) is 7.01. The number of amides is 3. The molecule has 18 heavy (non-hydrogen) atoms. The summed E-state index contributed by atoms with van der Waals surface area (Å²) in [6.45, 7) is 0. The number of aromatic hydroxyl groups is 1. The van der Waals surface area contributed by atoms with Gasteiger partial charge in [-0.2, -0.15) is 0 Å². The van der Waals surface area contributed by atoms with Crippen molar-refractivity contribution in [3.8, 4) is 5.75 Å². The highest BCUT2D eigenvalue weighted by Gasteiger charge is 2.05. The molecule has 8 heteroatoms. The van der Waals surface area contributed by atoms with Crippen LogP contribution >= 0.6 is 22.6 Å². The van der Waals surface area contributed by atoms with Gasteiger partial charge in [-0.1, -0.05) is 6.07 Å². The molecule has 0 aliphatic heterocycles. The van der Waals surface area contributed by atoms with Gasteiger partial charge in [0, 0.05) is 6.42 Å². The predicted octanol–water partition coefficient (Wildman–Crippen LogP) is 0.133. The van der Waals surface area contributed by atoms with E-state index in [1.54, 1.807) is 18.2 Å². The van der Waals surface area contributed by atoms with Gasteiger partial charge in [-0.25, -0.2) is 16.1 Å². The summed E-state index contributed by atoms with van der Waals surface area (Å²) in [6, 6.07) is 4.42. The Balaban J connectivity index is 2.38. The number of benzene rings is 1. The summed E-state index contributed by atoms with van der Waals surface area (Å²) < 4.78 is 0.728. The van der Waals surface area contributed by atoms with Crippen LogP contribution in [0.15, 0.2) is 18.2 Å². The van der Waals surface area contributed by atoms with Crippen molar-refractivity contribution in [2.24, 2.45) is 5.84 Å². The summed E-state index contributed by atoms with van der Waals surface area (Å²) in [4.78, 5) is 22.0. The number of phenolic OH excluding ortho intramolecular Hbond substituents is 1. The Hall–Kier alpha value is -1.55. The van der Waals surface area contributed by atoms with Crippen molar-refractivity contribution in [1.29, 1.82) is 0 Å². The van der Waals surface area contributed by atoms with E-state index < -0.39 is 6.03 Å². The van der Waals surface area contributed by atoms with Crippen molar-refractivity contribution in [3.05, 3.63) is 27.3 Å². The number of carbonyl (C=O) groups excluding carboxylic acids is 2. The van der Waals surface area contributed by atoms with Crippen LogP contribution in [0.5, 0.6) is 5.75 Å². The van der Waals surface area contributed by atoms with E-state index in [4.69, 9.17) is 5.84 Å². The Morgan fingerprint density at radius 3 is 2.67 bits per heavy atom. The van der Waals surface area contributed by atoms with Crippen molar-refractivity contribution in [1.82, 2.24) is 16.3 Å². The summed E-state index contributed by atoms with van der Waals surface area (Å²) in [6.07, 6.45) is 0.722. The molecule has 1 rings (SSSR count). The van der Waals surface area contributed by atoms with Gasteiger partial charge in [0.05, 0.1) is 3.57 Å². The number of rotatable bonds is 3. The maximum Gasteiger partial charge on any atom is 0.347 e. The fraction of sp³-hybridized carbons (Fsp3) is 0.200. The number of carbonyl (C=O) groups is 2. The molecule has 1 aromatic rings. The molecule has 0 unspecified atom stereocenters. The molecular weight excluding hydrogens is 349 g/mol. The van der Waals surface area contributed by atoms with E-state index in [1.807, 2.05) is 28.0 Å². The Labute approximate surface area is 117 Å². The Morgan fingerprint density at radius 2 is 2.06 bits per heavy atom. The number of hydrogen-bond acceptors (Lipinski definition) is 4. The van der Waals surface area contributed by atoms with E-state index in [9.17, 15) is 14.7 Å². The van der Waals surface area contributed by atoms with Gasteiger partial charge < -0.3 is 5.11 Å². The zero-order valence-corrected chi connectivity index (χ0v) is 11.5. The predicted molar refractivity (Wildman–Crippen MR) is 73.1 cm³/mol. The van der Waals surface area contributed by atoms with Crippen LogP contribution in [0.2, 0.25) is 0 Å². The number of hydrogen-bond donors (Lipinski definition) is 5. The van der Waals surface area contributed by atoms with Gasteiger partial charge in [-0.3, -0.25) is 15.6 Å². The molecule has 7 nitrogen and oxygen atoms in total. The Kier molecular flexibility index (Phi) is 5.65. The lowest BCUT2D eigenvalue weighted by molar-refractivity contribution is -0.121. The molecule has 0 spiro atoms. The van der Waals surface area contributed by atoms with Gasteiger partial charge in [0.2, 0.25) is 5.91 Å². The second kappa shape index (κ2) is 7.01. The molecule has 0 saturated carbocycles. The van der Waals surface area contributed by atoms with E-state index in [0.717, 1.165) is 9.13 Å². The van der Waals surface area contributed by atoms with Crippen LogP contribution in [0.4, 0.5) is 4.79 Å². The molecule has 98 valence electrons.